The molecule has 0 aliphatic carbocycles. The van der Waals surface area contributed by atoms with E-state index in [1.165, 1.54) is 7.11 Å². The van der Waals surface area contributed by atoms with Crippen LogP contribution in [-0.2, 0) is 9.53 Å². The maximum absolute atomic E-state index is 11.1. The van der Waals surface area contributed by atoms with E-state index in [1.807, 2.05) is 19.0 Å². The molecule has 0 heterocycles. The van der Waals surface area contributed by atoms with Crippen molar-refractivity contribution < 1.29 is 14.6 Å². The van der Waals surface area contributed by atoms with Gasteiger partial charge in [-0.15, -0.1) is 0 Å². The van der Waals surface area contributed by atoms with Crippen molar-refractivity contribution in [3.05, 3.63) is 0 Å². The second kappa shape index (κ2) is 6.83. The largest absolute Gasteiger partial charge is 0.469 e. The molecule has 0 amide bonds. The Morgan fingerprint density at radius 2 is 2.12 bits per heavy atom. The molecule has 5 heteroatoms. The van der Waals surface area contributed by atoms with Crippen LogP contribution >= 0.6 is 0 Å². The van der Waals surface area contributed by atoms with Crippen LogP contribution in [0.3, 0.4) is 0 Å². The number of aliphatic hydroxyl groups is 1. The summed E-state index contributed by atoms with van der Waals surface area (Å²) in [4.78, 5) is 13.0. The van der Waals surface area contributed by atoms with Gasteiger partial charge in [-0.1, -0.05) is 6.92 Å². The van der Waals surface area contributed by atoms with Crippen LogP contribution in [0.2, 0.25) is 0 Å². The van der Waals surface area contributed by atoms with Crippen molar-refractivity contribution in [3.8, 4) is 0 Å². The van der Waals surface area contributed by atoms with E-state index in [0.29, 0.717) is 19.6 Å². The lowest BCUT2D eigenvalue weighted by molar-refractivity contribution is -0.144. The van der Waals surface area contributed by atoms with Crippen LogP contribution in [0.1, 0.15) is 13.8 Å². The molecule has 0 spiro atoms. The lowest BCUT2D eigenvalue weighted by atomic mass is 10.1. The minimum absolute atomic E-state index is 0.194. The molecular formula is C11H24N2O3. The molecular weight excluding hydrogens is 208 g/mol. The molecule has 0 aromatic carbocycles. The Morgan fingerprint density at radius 3 is 2.56 bits per heavy atom. The van der Waals surface area contributed by atoms with E-state index in [4.69, 9.17) is 0 Å². The Hall–Kier alpha value is -0.650. The third-order valence-electron chi connectivity index (χ3n) is 2.22. The quantitative estimate of drug-likeness (QED) is 0.590. The molecule has 2 unspecified atom stereocenters. The molecule has 0 rings (SSSR count). The van der Waals surface area contributed by atoms with E-state index in [0.717, 1.165) is 0 Å². The maximum atomic E-state index is 11.1. The normalized spacial score (nSPS) is 16.9. The summed E-state index contributed by atoms with van der Waals surface area (Å²) >= 11 is 0. The lowest BCUT2D eigenvalue weighted by Crippen LogP contribution is -2.46. The van der Waals surface area contributed by atoms with Gasteiger partial charge in [0.2, 0.25) is 0 Å². The number of hydrogen-bond acceptors (Lipinski definition) is 5. The second-order valence-corrected chi connectivity index (χ2v) is 4.79. The zero-order valence-corrected chi connectivity index (χ0v) is 10.9. The summed E-state index contributed by atoms with van der Waals surface area (Å²) in [6.07, 6.45) is 0. The average molecular weight is 232 g/mol. The van der Waals surface area contributed by atoms with Crippen molar-refractivity contribution in [1.82, 2.24) is 10.2 Å². The second-order valence-electron chi connectivity index (χ2n) is 4.79. The number of nitrogens with one attached hydrogen (secondary N) is 1. The van der Waals surface area contributed by atoms with Gasteiger partial charge in [0.05, 0.1) is 18.6 Å². The summed E-state index contributed by atoms with van der Waals surface area (Å²) in [7, 11) is 5.19. The first kappa shape index (κ1) is 15.3. The Kier molecular flexibility index (Phi) is 6.55. The van der Waals surface area contributed by atoms with Gasteiger partial charge in [0, 0.05) is 19.6 Å². The van der Waals surface area contributed by atoms with Gasteiger partial charge < -0.3 is 20.1 Å². The van der Waals surface area contributed by atoms with Gasteiger partial charge >= 0.3 is 5.97 Å². The number of nitrogens with zero attached hydrogens (tertiary/aromatic N) is 1. The van der Waals surface area contributed by atoms with Crippen LogP contribution in [0.5, 0.6) is 0 Å². The smallest absolute Gasteiger partial charge is 0.309 e. The summed E-state index contributed by atoms with van der Waals surface area (Å²) in [5, 5.41) is 13.0. The topological polar surface area (TPSA) is 61.8 Å². The van der Waals surface area contributed by atoms with Crippen LogP contribution in [0, 0.1) is 5.92 Å². The zero-order valence-electron chi connectivity index (χ0n) is 10.9. The molecule has 5 nitrogen and oxygen atoms in total. The molecule has 0 aliphatic rings. The number of hydrogen-bond donors (Lipinski definition) is 2. The Balaban J connectivity index is 3.84. The van der Waals surface area contributed by atoms with Gasteiger partial charge in [0.1, 0.15) is 0 Å². The van der Waals surface area contributed by atoms with Crippen LogP contribution in [0.15, 0.2) is 0 Å². The molecule has 2 atom stereocenters. The van der Waals surface area contributed by atoms with Gasteiger partial charge in [-0.2, -0.15) is 0 Å². The van der Waals surface area contributed by atoms with Crippen molar-refractivity contribution in [2.75, 3.05) is 40.8 Å². The fraction of sp³-hybridized carbons (Fsp3) is 0.909. The van der Waals surface area contributed by atoms with E-state index in [-0.39, 0.29) is 11.9 Å². The average Bonchev–Trinajstić information content (AvgIpc) is 2.13. The number of carbonyl (C=O) groups excluding carboxylic acids is 1. The van der Waals surface area contributed by atoms with Gasteiger partial charge in [-0.3, -0.25) is 4.79 Å². The zero-order chi connectivity index (χ0) is 12.8. The molecule has 0 aliphatic heterocycles. The van der Waals surface area contributed by atoms with Gasteiger partial charge in [0.15, 0.2) is 0 Å². The number of methoxy groups -OCH3 is 1. The summed E-state index contributed by atoms with van der Waals surface area (Å²) < 4.78 is 4.61. The Labute approximate surface area is 97.8 Å². The first-order valence-corrected chi connectivity index (χ1v) is 5.44. The van der Waals surface area contributed by atoms with Crippen molar-refractivity contribution in [3.63, 3.8) is 0 Å². The minimum Gasteiger partial charge on any atom is -0.469 e. The van der Waals surface area contributed by atoms with Crippen LogP contribution in [0.4, 0.5) is 0 Å². The predicted molar refractivity (Wildman–Crippen MR) is 63.2 cm³/mol. The molecule has 0 radical (unpaired) electrons. The number of rotatable bonds is 7. The van der Waals surface area contributed by atoms with Crippen molar-refractivity contribution in [2.45, 2.75) is 19.4 Å². The summed E-state index contributed by atoms with van der Waals surface area (Å²) in [6, 6.07) is 0. The summed E-state index contributed by atoms with van der Waals surface area (Å²) in [6.45, 7) is 5.09. The molecule has 0 saturated carbocycles. The molecule has 0 aromatic heterocycles. The highest BCUT2D eigenvalue weighted by Crippen LogP contribution is 2.03. The van der Waals surface area contributed by atoms with Gasteiger partial charge in [-0.05, 0) is 21.0 Å². The molecule has 2 N–H and O–H groups in total. The highest BCUT2D eigenvalue weighted by atomic mass is 16.5. The fourth-order valence-corrected chi connectivity index (χ4v) is 1.58. The Bertz CT molecular complexity index is 217. The molecule has 0 saturated heterocycles. The van der Waals surface area contributed by atoms with Gasteiger partial charge in [-0.25, -0.2) is 0 Å². The molecule has 16 heavy (non-hydrogen) atoms. The number of esters is 1. The van der Waals surface area contributed by atoms with Crippen LogP contribution in [0.25, 0.3) is 0 Å². The van der Waals surface area contributed by atoms with Crippen LogP contribution in [-0.4, -0.2) is 62.4 Å². The summed E-state index contributed by atoms with van der Waals surface area (Å²) in [5.74, 6) is -0.431. The first-order valence-electron chi connectivity index (χ1n) is 5.44. The fourth-order valence-electron chi connectivity index (χ4n) is 1.58. The van der Waals surface area contributed by atoms with E-state index in [2.05, 4.69) is 10.1 Å². The Morgan fingerprint density at radius 1 is 1.56 bits per heavy atom. The van der Waals surface area contributed by atoms with E-state index < -0.39 is 5.60 Å². The summed E-state index contributed by atoms with van der Waals surface area (Å²) in [5.41, 5.74) is -0.792. The van der Waals surface area contributed by atoms with E-state index in [9.17, 15) is 9.90 Å². The highest BCUT2D eigenvalue weighted by Gasteiger charge is 2.21. The minimum atomic E-state index is -0.792. The molecule has 0 aromatic rings. The number of carbonyl (C=O) groups is 1. The van der Waals surface area contributed by atoms with Crippen molar-refractivity contribution in [2.24, 2.45) is 5.92 Å². The number of ether oxygens (including phenoxy) is 1. The van der Waals surface area contributed by atoms with E-state index >= 15 is 0 Å². The van der Waals surface area contributed by atoms with Gasteiger partial charge in [0.25, 0.3) is 0 Å². The third kappa shape index (κ3) is 6.76. The maximum Gasteiger partial charge on any atom is 0.309 e. The lowest BCUT2D eigenvalue weighted by Gasteiger charge is -2.27. The molecule has 0 bridgehead atoms. The van der Waals surface area contributed by atoms with Crippen molar-refractivity contribution >= 4 is 5.97 Å². The molecule has 96 valence electrons. The van der Waals surface area contributed by atoms with Crippen molar-refractivity contribution in [1.29, 1.82) is 0 Å². The standard InChI is InChI=1S/C11H24N2O3/c1-9(10(14)16-5)6-12-7-11(2,15)8-13(3)4/h9,12,15H,6-8H2,1-5H3. The number of likely N-dealkylation sites (N-methyl/N-ethyl adjacent to an activating group) is 1. The monoisotopic (exact) mass is 232 g/mol. The highest BCUT2D eigenvalue weighted by molar-refractivity contribution is 5.71. The predicted octanol–water partition coefficient (Wildman–Crippen LogP) is -0.302. The van der Waals surface area contributed by atoms with E-state index in [1.54, 1.807) is 13.8 Å². The molecule has 0 fully saturated rings. The SMILES string of the molecule is COC(=O)C(C)CNCC(C)(O)CN(C)C. The third-order valence-corrected chi connectivity index (χ3v) is 2.22. The first-order chi connectivity index (χ1) is 7.28. The van der Waals surface area contributed by atoms with Crippen LogP contribution < -0.4 is 5.32 Å².